The zero-order valence-corrected chi connectivity index (χ0v) is 19.9. The van der Waals surface area contributed by atoms with Crippen LogP contribution in [0, 0.1) is 0 Å². The van der Waals surface area contributed by atoms with E-state index in [2.05, 4.69) is 31.2 Å². The Morgan fingerprint density at radius 2 is 1.83 bits per heavy atom. The van der Waals surface area contributed by atoms with Crippen LogP contribution in [-0.4, -0.2) is 71.5 Å². The summed E-state index contributed by atoms with van der Waals surface area (Å²) in [5, 5.41) is 14.2. The molecule has 0 radical (unpaired) electrons. The molecule has 1 aliphatic carbocycles. The number of aromatic amines is 1. The van der Waals surface area contributed by atoms with Gasteiger partial charge in [0.05, 0.1) is 19.3 Å². The number of morpholine rings is 1. The van der Waals surface area contributed by atoms with Gasteiger partial charge in [-0.15, -0.1) is 0 Å². The van der Waals surface area contributed by atoms with E-state index in [9.17, 15) is 9.90 Å². The maximum atomic E-state index is 13.4. The van der Waals surface area contributed by atoms with E-state index in [1.54, 1.807) is 6.07 Å². The number of aliphatic hydroxyl groups is 1. The fourth-order valence-electron chi connectivity index (χ4n) is 5.38. The Morgan fingerprint density at radius 3 is 2.66 bits per heavy atom. The zero-order valence-electron chi connectivity index (χ0n) is 19.9. The monoisotopic (exact) mass is 476 g/mol. The highest BCUT2D eigenvalue weighted by Crippen LogP contribution is 2.31. The number of nitrogens with one attached hydrogen (secondary N) is 2. The van der Waals surface area contributed by atoms with E-state index < -0.39 is 0 Å². The molecule has 2 saturated heterocycles. The fourth-order valence-corrected chi connectivity index (χ4v) is 5.38. The SMILES string of the molecule is O=C(Nc1ccc2[nH]c3c(c2c1)CCCC3)c1cc(N2CCC(O)CC2)nc(N2CCOCC2)n1. The molecule has 4 heterocycles. The van der Waals surface area contributed by atoms with Gasteiger partial charge in [-0.25, -0.2) is 4.98 Å². The third-order valence-electron chi connectivity index (χ3n) is 7.37. The van der Waals surface area contributed by atoms with Gasteiger partial charge in [-0.1, -0.05) is 0 Å². The number of nitrogens with zero attached hydrogens (tertiary/aromatic N) is 4. The molecule has 0 saturated carbocycles. The maximum absolute atomic E-state index is 13.4. The summed E-state index contributed by atoms with van der Waals surface area (Å²) in [6.45, 7) is 4.03. The highest BCUT2D eigenvalue weighted by Gasteiger charge is 2.24. The minimum Gasteiger partial charge on any atom is -0.393 e. The van der Waals surface area contributed by atoms with Gasteiger partial charge in [0.2, 0.25) is 5.95 Å². The normalized spacial score (nSPS) is 19.1. The summed E-state index contributed by atoms with van der Waals surface area (Å²) >= 11 is 0. The Kier molecular flexibility index (Phi) is 6.03. The Balaban J connectivity index is 1.29. The van der Waals surface area contributed by atoms with Gasteiger partial charge in [0.1, 0.15) is 11.5 Å². The molecule has 184 valence electrons. The van der Waals surface area contributed by atoms with Crippen LogP contribution in [0.15, 0.2) is 24.3 Å². The van der Waals surface area contributed by atoms with Gasteiger partial charge >= 0.3 is 0 Å². The topological polar surface area (TPSA) is 107 Å². The number of fused-ring (bicyclic) bond motifs is 3. The molecular formula is C26H32N6O3. The Bertz CT molecular complexity index is 1230. The molecule has 0 spiro atoms. The molecule has 0 unspecified atom stereocenters. The summed E-state index contributed by atoms with van der Waals surface area (Å²) in [6, 6.07) is 7.84. The number of ether oxygens (including phenoxy) is 1. The van der Waals surface area contributed by atoms with Crippen LogP contribution in [0.2, 0.25) is 0 Å². The molecule has 9 nitrogen and oxygen atoms in total. The molecule has 6 rings (SSSR count). The lowest BCUT2D eigenvalue weighted by molar-refractivity contribution is 0.102. The van der Waals surface area contributed by atoms with Crippen LogP contribution in [0.3, 0.4) is 0 Å². The van der Waals surface area contributed by atoms with Crippen LogP contribution in [0.25, 0.3) is 10.9 Å². The quantitative estimate of drug-likeness (QED) is 0.532. The van der Waals surface area contributed by atoms with Gasteiger partial charge in [0, 0.05) is 54.5 Å². The molecule has 3 aromatic rings. The Morgan fingerprint density at radius 1 is 1.03 bits per heavy atom. The van der Waals surface area contributed by atoms with Crippen LogP contribution < -0.4 is 15.1 Å². The number of rotatable bonds is 4. The number of hydrogen-bond acceptors (Lipinski definition) is 7. The number of anilines is 3. The summed E-state index contributed by atoms with van der Waals surface area (Å²) in [5.41, 5.74) is 4.95. The van der Waals surface area contributed by atoms with Crippen molar-refractivity contribution in [2.45, 2.75) is 44.6 Å². The highest BCUT2D eigenvalue weighted by molar-refractivity contribution is 6.04. The first kappa shape index (κ1) is 22.3. The molecule has 3 aliphatic rings. The van der Waals surface area contributed by atoms with Crippen molar-refractivity contribution in [3.8, 4) is 0 Å². The lowest BCUT2D eigenvalue weighted by Crippen LogP contribution is -2.39. The zero-order chi connectivity index (χ0) is 23.8. The number of benzene rings is 1. The van der Waals surface area contributed by atoms with Gasteiger partial charge in [-0.3, -0.25) is 4.79 Å². The largest absolute Gasteiger partial charge is 0.393 e. The second-order valence-corrected chi connectivity index (χ2v) is 9.73. The summed E-state index contributed by atoms with van der Waals surface area (Å²) in [6.07, 6.45) is 5.71. The van der Waals surface area contributed by atoms with Gasteiger partial charge in [-0.05, 0) is 62.3 Å². The third-order valence-corrected chi connectivity index (χ3v) is 7.37. The summed E-state index contributed by atoms with van der Waals surface area (Å²) < 4.78 is 5.49. The summed E-state index contributed by atoms with van der Waals surface area (Å²) in [7, 11) is 0. The number of aryl methyl sites for hydroxylation is 2. The van der Waals surface area contributed by atoms with E-state index >= 15 is 0 Å². The lowest BCUT2D eigenvalue weighted by atomic mass is 9.95. The molecule has 1 aromatic carbocycles. The predicted octanol–water partition coefficient (Wildman–Crippen LogP) is 2.89. The van der Waals surface area contributed by atoms with Gasteiger partial charge in [0.25, 0.3) is 5.91 Å². The number of aliphatic hydroxyl groups excluding tert-OH is 1. The molecule has 0 atom stereocenters. The fraction of sp³-hybridized carbons (Fsp3) is 0.500. The number of amides is 1. The number of hydrogen-bond donors (Lipinski definition) is 3. The minimum atomic E-state index is -0.274. The van der Waals surface area contributed by atoms with E-state index in [1.165, 1.54) is 29.5 Å². The Hall–Kier alpha value is -3.17. The van der Waals surface area contributed by atoms with Gasteiger partial charge < -0.3 is 29.9 Å². The third kappa shape index (κ3) is 4.58. The number of carbonyl (C=O) groups excluding carboxylic acids is 1. The first-order chi connectivity index (χ1) is 17.1. The first-order valence-corrected chi connectivity index (χ1v) is 12.7. The molecule has 2 fully saturated rings. The summed E-state index contributed by atoms with van der Waals surface area (Å²) in [4.78, 5) is 30.6. The molecule has 9 heteroatoms. The second-order valence-electron chi connectivity index (χ2n) is 9.73. The molecule has 0 bridgehead atoms. The van der Waals surface area contributed by atoms with Crippen molar-refractivity contribution in [1.29, 1.82) is 0 Å². The highest BCUT2D eigenvalue weighted by atomic mass is 16.5. The molecule has 3 N–H and O–H groups in total. The molecule has 1 amide bonds. The molecule has 2 aromatic heterocycles. The average molecular weight is 477 g/mol. The van der Waals surface area contributed by atoms with Crippen molar-refractivity contribution < 1.29 is 14.6 Å². The predicted molar refractivity (Wildman–Crippen MR) is 135 cm³/mol. The smallest absolute Gasteiger partial charge is 0.274 e. The summed E-state index contributed by atoms with van der Waals surface area (Å²) in [5.74, 6) is 1.04. The van der Waals surface area contributed by atoms with Crippen LogP contribution in [0.4, 0.5) is 17.5 Å². The number of H-pyrrole nitrogens is 1. The van der Waals surface area contributed by atoms with Crippen LogP contribution >= 0.6 is 0 Å². The minimum absolute atomic E-state index is 0.246. The Labute approximate surface area is 204 Å². The van der Waals surface area contributed by atoms with Crippen molar-refractivity contribution in [1.82, 2.24) is 15.0 Å². The van der Waals surface area contributed by atoms with E-state index in [1.807, 2.05) is 12.1 Å². The van der Waals surface area contributed by atoms with E-state index in [-0.39, 0.29) is 12.0 Å². The van der Waals surface area contributed by atoms with Crippen molar-refractivity contribution in [3.05, 3.63) is 41.2 Å². The van der Waals surface area contributed by atoms with Crippen molar-refractivity contribution in [2.24, 2.45) is 0 Å². The molecular weight excluding hydrogens is 444 g/mol. The van der Waals surface area contributed by atoms with Crippen molar-refractivity contribution in [3.63, 3.8) is 0 Å². The van der Waals surface area contributed by atoms with Crippen molar-refractivity contribution >= 4 is 34.3 Å². The van der Waals surface area contributed by atoms with E-state index in [0.29, 0.717) is 63.9 Å². The lowest BCUT2D eigenvalue weighted by Gasteiger charge is -2.32. The maximum Gasteiger partial charge on any atom is 0.274 e. The van der Waals surface area contributed by atoms with Crippen LogP contribution in [0.5, 0.6) is 0 Å². The van der Waals surface area contributed by atoms with Crippen LogP contribution in [0.1, 0.15) is 47.4 Å². The van der Waals surface area contributed by atoms with Crippen LogP contribution in [-0.2, 0) is 17.6 Å². The second kappa shape index (κ2) is 9.47. The number of piperidine rings is 1. The van der Waals surface area contributed by atoms with E-state index in [0.717, 1.165) is 29.9 Å². The first-order valence-electron chi connectivity index (χ1n) is 12.7. The standard InChI is InChI=1S/C26H32N6O3/c33-18-7-9-31(10-8-18)24-16-23(29-26(30-24)32-11-13-35-14-12-32)25(34)27-17-5-6-22-20(15-17)19-3-1-2-4-21(19)28-22/h5-6,15-16,18,28,33H,1-4,7-14H2,(H,27,34). The van der Waals surface area contributed by atoms with Crippen molar-refractivity contribution in [2.75, 3.05) is 54.5 Å². The van der Waals surface area contributed by atoms with Gasteiger partial charge in [-0.2, -0.15) is 4.98 Å². The number of carbonyl (C=O) groups is 1. The molecule has 2 aliphatic heterocycles. The number of aromatic nitrogens is 3. The average Bonchev–Trinajstić information content (AvgIpc) is 3.27. The molecule has 35 heavy (non-hydrogen) atoms. The van der Waals surface area contributed by atoms with Gasteiger partial charge in [0.15, 0.2) is 0 Å². The van der Waals surface area contributed by atoms with E-state index in [4.69, 9.17) is 9.72 Å².